The quantitative estimate of drug-likeness (QED) is 0.231. The number of aryl methyl sites for hydroxylation is 1. The number of halogens is 1. The van der Waals surface area contributed by atoms with Crippen molar-refractivity contribution in [2.75, 3.05) is 0 Å². The highest BCUT2D eigenvalue weighted by Crippen LogP contribution is 2.40. The molecule has 0 radical (unpaired) electrons. The van der Waals surface area contributed by atoms with Crippen LogP contribution in [0.5, 0.6) is 0 Å². The maximum atomic E-state index is 13.2. The molecule has 1 amide bonds. The number of fused-ring (bicyclic) bond motifs is 8. The first-order valence-electron chi connectivity index (χ1n) is 12.5. The van der Waals surface area contributed by atoms with E-state index in [0.29, 0.717) is 12.1 Å². The normalized spacial score (nSPS) is 12.7. The van der Waals surface area contributed by atoms with Crippen molar-refractivity contribution in [2.24, 2.45) is 0 Å². The number of carbonyl (C=O) groups excluding carboxylic acids is 1. The Morgan fingerprint density at radius 1 is 0.921 bits per heavy atom. The zero-order chi connectivity index (χ0) is 26.6. The maximum absolute atomic E-state index is 13.2. The number of benzene rings is 4. The van der Waals surface area contributed by atoms with E-state index in [-0.39, 0.29) is 17.5 Å². The van der Waals surface area contributed by atoms with E-state index in [9.17, 15) is 14.7 Å². The molecule has 1 aliphatic rings. The number of carbonyl (C=O) groups is 2. The summed E-state index contributed by atoms with van der Waals surface area (Å²) in [6.07, 6.45) is 0. The fourth-order valence-electron chi connectivity index (χ4n) is 5.47. The van der Waals surface area contributed by atoms with Crippen LogP contribution in [0.3, 0.4) is 0 Å². The number of nitrogens with zero attached hydrogens (tertiary/aromatic N) is 1. The van der Waals surface area contributed by atoms with E-state index in [1.807, 2.05) is 74.5 Å². The fourth-order valence-corrected chi connectivity index (χ4v) is 5.73. The SMILES string of the molecule is Cc1c2n(c3ccc(C(=O)NC(C)c4ccc(Br)cc4)cc13)Cc1ccccc1-c1cc(C(=O)O)cc-2c1. The highest BCUT2D eigenvalue weighted by atomic mass is 79.9. The Labute approximate surface area is 228 Å². The molecule has 0 fully saturated rings. The largest absolute Gasteiger partial charge is 0.478 e. The predicted octanol–water partition coefficient (Wildman–Crippen LogP) is 7.60. The van der Waals surface area contributed by atoms with Crippen LogP contribution in [0, 0.1) is 6.92 Å². The second-order valence-electron chi connectivity index (χ2n) is 9.80. The van der Waals surface area contributed by atoms with Crippen molar-refractivity contribution in [3.05, 3.63) is 117 Å². The molecule has 1 aromatic heterocycles. The van der Waals surface area contributed by atoms with Crippen LogP contribution in [-0.2, 0) is 6.54 Å². The van der Waals surface area contributed by atoms with Crippen molar-refractivity contribution in [3.8, 4) is 22.4 Å². The van der Waals surface area contributed by atoms with E-state index < -0.39 is 5.97 Å². The highest BCUT2D eigenvalue weighted by Gasteiger charge is 2.23. The molecule has 2 N–H and O–H groups in total. The van der Waals surface area contributed by atoms with Crippen LogP contribution in [-0.4, -0.2) is 21.6 Å². The van der Waals surface area contributed by atoms with Crippen LogP contribution in [0.2, 0.25) is 0 Å². The van der Waals surface area contributed by atoms with Gasteiger partial charge in [0.2, 0.25) is 0 Å². The number of hydrogen-bond acceptors (Lipinski definition) is 2. The Bertz CT molecular complexity index is 1750. The zero-order valence-electron chi connectivity index (χ0n) is 21.0. The Balaban J connectivity index is 1.46. The van der Waals surface area contributed by atoms with Gasteiger partial charge in [0.1, 0.15) is 0 Å². The van der Waals surface area contributed by atoms with Gasteiger partial charge in [0.25, 0.3) is 5.91 Å². The van der Waals surface area contributed by atoms with E-state index in [0.717, 1.165) is 54.5 Å². The molecular weight excluding hydrogens is 540 g/mol. The summed E-state index contributed by atoms with van der Waals surface area (Å²) < 4.78 is 3.23. The number of rotatable bonds is 4. The molecule has 188 valence electrons. The van der Waals surface area contributed by atoms with Crippen molar-refractivity contribution >= 4 is 38.7 Å². The number of aromatic nitrogens is 1. The Morgan fingerprint density at radius 3 is 2.42 bits per heavy atom. The minimum Gasteiger partial charge on any atom is -0.478 e. The summed E-state index contributed by atoms with van der Waals surface area (Å²) in [6.45, 7) is 4.66. The average Bonchev–Trinajstić information content (AvgIpc) is 3.18. The first-order chi connectivity index (χ1) is 18.3. The number of hydrogen-bond donors (Lipinski definition) is 2. The molecule has 0 saturated carbocycles. The summed E-state index contributed by atoms with van der Waals surface area (Å²) in [5.74, 6) is -1.09. The first kappa shape index (κ1) is 24.2. The smallest absolute Gasteiger partial charge is 0.335 e. The lowest BCUT2D eigenvalue weighted by atomic mass is 9.92. The van der Waals surface area contributed by atoms with Gasteiger partial charge >= 0.3 is 5.97 Å². The van der Waals surface area contributed by atoms with Gasteiger partial charge in [0.05, 0.1) is 17.3 Å². The molecule has 6 rings (SSSR count). The minimum atomic E-state index is -0.953. The lowest BCUT2D eigenvalue weighted by Gasteiger charge is -2.20. The molecule has 1 unspecified atom stereocenters. The third kappa shape index (κ3) is 4.11. The van der Waals surface area contributed by atoms with Crippen molar-refractivity contribution < 1.29 is 14.7 Å². The lowest BCUT2D eigenvalue weighted by Crippen LogP contribution is -2.26. The Kier molecular flexibility index (Phi) is 5.92. The second-order valence-corrected chi connectivity index (χ2v) is 10.7. The number of nitrogens with one attached hydrogen (secondary N) is 1. The summed E-state index contributed by atoms with van der Waals surface area (Å²) in [5.41, 5.74) is 8.77. The van der Waals surface area contributed by atoms with Gasteiger partial charge in [-0.1, -0.05) is 52.3 Å². The zero-order valence-corrected chi connectivity index (χ0v) is 22.5. The van der Waals surface area contributed by atoms with Gasteiger partial charge in [-0.2, -0.15) is 0 Å². The molecule has 6 heteroatoms. The second kappa shape index (κ2) is 9.30. The lowest BCUT2D eigenvalue weighted by molar-refractivity contribution is 0.0696. The van der Waals surface area contributed by atoms with E-state index >= 15 is 0 Å². The van der Waals surface area contributed by atoms with Crippen LogP contribution >= 0.6 is 15.9 Å². The molecule has 5 nitrogen and oxygen atoms in total. The number of aromatic carboxylic acids is 1. The van der Waals surface area contributed by atoms with Gasteiger partial charge in [0, 0.05) is 27.5 Å². The molecule has 0 aliphatic carbocycles. The summed E-state index contributed by atoms with van der Waals surface area (Å²) in [7, 11) is 0. The van der Waals surface area contributed by atoms with E-state index in [2.05, 4.69) is 37.9 Å². The van der Waals surface area contributed by atoms with Crippen LogP contribution in [0.25, 0.3) is 33.3 Å². The van der Waals surface area contributed by atoms with E-state index in [4.69, 9.17) is 0 Å². The van der Waals surface area contributed by atoms with E-state index in [1.165, 1.54) is 0 Å². The summed E-state index contributed by atoms with van der Waals surface area (Å²) in [6, 6.07) is 27.2. The number of carboxylic acids is 1. The molecule has 0 spiro atoms. The first-order valence-corrected chi connectivity index (χ1v) is 13.3. The minimum absolute atomic E-state index is 0.138. The standard InChI is InChI=1S/C32H25BrN2O3/c1-18-28-16-21(31(36)34-19(2)20-7-10-26(33)11-8-20)9-12-29(28)35-17-22-5-3-4-6-27(22)23-13-24(30(18)35)15-25(14-23)32(37)38/h3-16,19H,17H2,1-2H3,(H,34,36)(H,37,38). The molecule has 4 aromatic carbocycles. The number of carboxylic acid groups (broad SMARTS) is 1. The molecular formula is C32H25BrN2O3. The molecule has 2 bridgehead atoms. The van der Waals surface area contributed by atoms with Gasteiger partial charge in [-0.05, 0) is 95.8 Å². The Hall–Kier alpha value is -4.16. The predicted molar refractivity (Wildman–Crippen MR) is 154 cm³/mol. The van der Waals surface area contributed by atoms with Gasteiger partial charge < -0.3 is 15.0 Å². The highest BCUT2D eigenvalue weighted by molar-refractivity contribution is 9.10. The van der Waals surface area contributed by atoms with Crippen molar-refractivity contribution in [2.45, 2.75) is 26.4 Å². The molecule has 1 atom stereocenters. The monoisotopic (exact) mass is 564 g/mol. The van der Waals surface area contributed by atoms with Crippen LogP contribution in [0.15, 0.2) is 89.4 Å². The summed E-state index contributed by atoms with van der Waals surface area (Å²) >= 11 is 3.45. The molecule has 0 saturated heterocycles. The van der Waals surface area contributed by atoms with Crippen molar-refractivity contribution in [1.29, 1.82) is 0 Å². The van der Waals surface area contributed by atoms with Gasteiger partial charge in [-0.25, -0.2) is 4.79 Å². The van der Waals surface area contributed by atoms with Crippen molar-refractivity contribution in [1.82, 2.24) is 9.88 Å². The topological polar surface area (TPSA) is 71.3 Å². The third-order valence-corrected chi connectivity index (χ3v) is 7.94. The van der Waals surface area contributed by atoms with Crippen LogP contribution in [0.4, 0.5) is 0 Å². The van der Waals surface area contributed by atoms with E-state index in [1.54, 1.807) is 12.1 Å². The maximum Gasteiger partial charge on any atom is 0.335 e. The molecule has 5 aromatic rings. The van der Waals surface area contributed by atoms with Crippen LogP contribution in [0.1, 0.15) is 50.4 Å². The Morgan fingerprint density at radius 2 is 1.66 bits per heavy atom. The fraction of sp³-hybridized carbons (Fsp3) is 0.125. The summed E-state index contributed by atoms with van der Waals surface area (Å²) in [5, 5.41) is 13.9. The summed E-state index contributed by atoms with van der Waals surface area (Å²) in [4.78, 5) is 25.2. The van der Waals surface area contributed by atoms with Crippen LogP contribution < -0.4 is 5.32 Å². The average molecular weight is 565 g/mol. The molecule has 2 heterocycles. The van der Waals surface area contributed by atoms with Gasteiger partial charge in [0.15, 0.2) is 0 Å². The number of amides is 1. The van der Waals surface area contributed by atoms with Crippen molar-refractivity contribution in [3.63, 3.8) is 0 Å². The van der Waals surface area contributed by atoms with Gasteiger partial charge in [-0.15, -0.1) is 0 Å². The third-order valence-electron chi connectivity index (χ3n) is 7.41. The molecule has 38 heavy (non-hydrogen) atoms. The van der Waals surface area contributed by atoms with Gasteiger partial charge in [-0.3, -0.25) is 4.79 Å². The molecule has 1 aliphatic heterocycles.